The maximum atomic E-state index is 12.9. The molecule has 1 aromatic rings. The molecule has 1 aliphatic rings. The fourth-order valence-electron chi connectivity index (χ4n) is 2.07. The fraction of sp³-hybridized carbons (Fsp3) is 0.545. The van der Waals surface area contributed by atoms with Gasteiger partial charge in [-0.05, 0) is 31.8 Å². The van der Waals surface area contributed by atoms with Gasteiger partial charge in [-0.2, -0.15) is 0 Å². The number of piperidine rings is 1. The number of sulfonamides is 1. The van der Waals surface area contributed by atoms with Gasteiger partial charge in [0.25, 0.3) is 0 Å². The van der Waals surface area contributed by atoms with Crippen molar-refractivity contribution in [1.82, 2.24) is 10.3 Å². The second-order valence-corrected chi connectivity index (χ2v) is 6.25. The molecule has 1 atom stereocenters. The van der Waals surface area contributed by atoms with Crippen LogP contribution in [0.25, 0.3) is 0 Å². The summed E-state index contributed by atoms with van der Waals surface area (Å²) in [4.78, 5) is 3.60. The van der Waals surface area contributed by atoms with Gasteiger partial charge < -0.3 is 5.32 Å². The third-order valence-corrected chi connectivity index (χ3v) is 4.29. The number of rotatable bonds is 4. The second kappa shape index (κ2) is 5.62. The van der Waals surface area contributed by atoms with Crippen LogP contribution in [0.4, 0.5) is 10.1 Å². The summed E-state index contributed by atoms with van der Waals surface area (Å²) < 4.78 is 39.0. The molecule has 0 radical (unpaired) electrons. The first-order chi connectivity index (χ1) is 8.55. The van der Waals surface area contributed by atoms with Crippen LogP contribution in [0.3, 0.4) is 0 Å². The highest BCUT2D eigenvalue weighted by Gasteiger charge is 2.21. The molecule has 0 saturated carbocycles. The molecule has 1 unspecified atom stereocenters. The van der Waals surface area contributed by atoms with Crippen molar-refractivity contribution in [3.8, 4) is 0 Å². The number of pyridine rings is 1. The van der Waals surface area contributed by atoms with Gasteiger partial charge >= 0.3 is 0 Å². The number of hydrogen-bond donors (Lipinski definition) is 2. The quantitative estimate of drug-likeness (QED) is 0.857. The Labute approximate surface area is 106 Å². The van der Waals surface area contributed by atoms with E-state index >= 15 is 0 Å². The summed E-state index contributed by atoms with van der Waals surface area (Å²) in [5, 5.41) is 3.17. The van der Waals surface area contributed by atoms with E-state index < -0.39 is 15.8 Å². The Morgan fingerprint density at radius 2 is 2.33 bits per heavy atom. The first-order valence-corrected chi connectivity index (χ1v) is 7.52. The first kappa shape index (κ1) is 13.2. The van der Waals surface area contributed by atoms with Gasteiger partial charge in [0.1, 0.15) is 5.82 Å². The topological polar surface area (TPSA) is 71.1 Å². The molecule has 5 nitrogen and oxygen atoms in total. The van der Waals surface area contributed by atoms with Gasteiger partial charge in [0, 0.05) is 6.07 Å². The lowest BCUT2D eigenvalue weighted by molar-refractivity contribution is 0.404. The Bertz CT molecular complexity index is 501. The van der Waals surface area contributed by atoms with E-state index in [1.54, 1.807) is 0 Å². The predicted octanol–water partition coefficient (Wildman–Crippen LogP) is 0.962. The lowest BCUT2D eigenvalue weighted by Crippen LogP contribution is -2.35. The molecule has 1 saturated heterocycles. The molecule has 0 spiro atoms. The van der Waals surface area contributed by atoms with E-state index in [9.17, 15) is 12.8 Å². The largest absolute Gasteiger partial charge is 0.316 e. The second-order valence-electron chi connectivity index (χ2n) is 4.49. The molecule has 2 rings (SSSR count). The van der Waals surface area contributed by atoms with Crippen LogP contribution in [-0.2, 0) is 10.0 Å². The van der Waals surface area contributed by atoms with Crippen molar-refractivity contribution < 1.29 is 12.8 Å². The number of anilines is 1. The van der Waals surface area contributed by atoms with Crippen LogP contribution in [0, 0.1) is 11.7 Å². The molecule has 1 aromatic heterocycles. The average Bonchev–Trinajstić information content (AvgIpc) is 2.28. The Hall–Kier alpha value is -1.21. The molecule has 0 amide bonds. The van der Waals surface area contributed by atoms with Crippen molar-refractivity contribution in [2.75, 3.05) is 23.6 Å². The van der Waals surface area contributed by atoms with E-state index in [2.05, 4.69) is 15.0 Å². The van der Waals surface area contributed by atoms with Gasteiger partial charge in [-0.1, -0.05) is 0 Å². The van der Waals surface area contributed by atoms with Crippen molar-refractivity contribution in [2.45, 2.75) is 12.8 Å². The molecule has 100 valence electrons. The monoisotopic (exact) mass is 273 g/mol. The van der Waals surface area contributed by atoms with Crippen molar-refractivity contribution in [2.24, 2.45) is 5.92 Å². The molecule has 0 bridgehead atoms. The van der Waals surface area contributed by atoms with Crippen LogP contribution >= 0.6 is 0 Å². The molecule has 7 heteroatoms. The van der Waals surface area contributed by atoms with Gasteiger partial charge in [-0.15, -0.1) is 0 Å². The minimum absolute atomic E-state index is 0.0521. The summed E-state index contributed by atoms with van der Waals surface area (Å²) in [6, 6.07) is 1.11. The van der Waals surface area contributed by atoms with Gasteiger partial charge in [0.2, 0.25) is 10.0 Å². The highest BCUT2D eigenvalue weighted by Crippen LogP contribution is 2.15. The third-order valence-electron chi connectivity index (χ3n) is 2.83. The van der Waals surface area contributed by atoms with Crippen molar-refractivity contribution in [3.63, 3.8) is 0 Å². The smallest absolute Gasteiger partial charge is 0.233 e. The summed E-state index contributed by atoms with van der Waals surface area (Å²) in [5.74, 6) is -0.399. The van der Waals surface area contributed by atoms with Crippen LogP contribution < -0.4 is 10.0 Å². The van der Waals surface area contributed by atoms with Crippen LogP contribution in [0.1, 0.15) is 12.8 Å². The predicted molar refractivity (Wildman–Crippen MR) is 67.2 cm³/mol. The Balaban J connectivity index is 1.98. The van der Waals surface area contributed by atoms with Gasteiger partial charge in [0.05, 0.1) is 23.8 Å². The van der Waals surface area contributed by atoms with E-state index in [0.717, 1.165) is 31.6 Å². The van der Waals surface area contributed by atoms with Gasteiger partial charge in [0.15, 0.2) is 0 Å². The van der Waals surface area contributed by atoms with E-state index in [-0.39, 0.29) is 17.4 Å². The fourth-order valence-corrected chi connectivity index (χ4v) is 3.52. The summed E-state index contributed by atoms with van der Waals surface area (Å²) in [6.45, 7) is 1.65. The third kappa shape index (κ3) is 3.92. The van der Waals surface area contributed by atoms with Crippen molar-refractivity contribution >= 4 is 15.7 Å². The normalized spacial score (nSPS) is 20.6. The first-order valence-electron chi connectivity index (χ1n) is 5.87. The van der Waals surface area contributed by atoms with Crippen molar-refractivity contribution in [1.29, 1.82) is 0 Å². The molecule has 1 aliphatic heterocycles. The molecular formula is C11H16FN3O2S. The SMILES string of the molecule is O=S(=O)(CC1CCCNC1)Nc1cncc(F)c1. The molecular weight excluding hydrogens is 257 g/mol. The molecule has 18 heavy (non-hydrogen) atoms. The summed E-state index contributed by atoms with van der Waals surface area (Å²) in [6.07, 6.45) is 4.21. The number of halogens is 1. The van der Waals surface area contributed by atoms with Gasteiger partial charge in [-0.25, -0.2) is 12.8 Å². The summed E-state index contributed by atoms with van der Waals surface area (Å²) >= 11 is 0. The maximum Gasteiger partial charge on any atom is 0.233 e. The highest BCUT2D eigenvalue weighted by atomic mass is 32.2. The average molecular weight is 273 g/mol. The zero-order valence-electron chi connectivity index (χ0n) is 9.89. The maximum absolute atomic E-state index is 12.9. The van der Waals surface area contributed by atoms with E-state index in [1.807, 2.05) is 0 Å². The van der Waals surface area contributed by atoms with Crippen molar-refractivity contribution in [3.05, 3.63) is 24.3 Å². The zero-order chi connectivity index (χ0) is 13.0. The molecule has 1 fully saturated rings. The molecule has 0 aliphatic carbocycles. The molecule has 2 heterocycles. The zero-order valence-corrected chi connectivity index (χ0v) is 10.7. The number of hydrogen-bond acceptors (Lipinski definition) is 4. The van der Waals surface area contributed by atoms with Gasteiger partial charge in [-0.3, -0.25) is 9.71 Å². The molecule has 2 N–H and O–H groups in total. The molecule has 0 aromatic carbocycles. The Kier molecular flexibility index (Phi) is 4.13. The van der Waals surface area contributed by atoms with Crippen LogP contribution in [0.2, 0.25) is 0 Å². The van der Waals surface area contributed by atoms with Crippen LogP contribution in [-0.4, -0.2) is 32.2 Å². The minimum Gasteiger partial charge on any atom is -0.316 e. The van der Waals surface area contributed by atoms with E-state index in [1.165, 1.54) is 6.20 Å². The van der Waals surface area contributed by atoms with E-state index in [0.29, 0.717) is 6.54 Å². The summed E-state index contributed by atoms with van der Waals surface area (Å²) in [5.41, 5.74) is 0.166. The number of nitrogens with zero attached hydrogens (tertiary/aromatic N) is 1. The van der Waals surface area contributed by atoms with Crippen LogP contribution in [0.5, 0.6) is 0 Å². The highest BCUT2D eigenvalue weighted by molar-refractivity contribution is 7.92. The number of nitrogens with one attached hydrogen (secondary N) is 2. The standard InChI is InChI=1S/C11H16FN3O2S/c12-10-4-11(7-14-6-10)15-18(16,17)8-9-2-1-3-13-5-9/h4,6-7,9,13,15H,1-3,5,8H2. The van der Waals surface area contributed by atoms with Crippen LogP contribution in [0.15, 0.2) is 18.5 Å². The lowest BCUT2D eigenvalue weighted by atomic mass is 10.0. The Morgan fingerprint density at radius 1 is 1.50 bits per heavy atom. The summed E-state index contributed by atoms with van der Waals surface area (Å²) in [7, 11) is -3.45. The lowest BCUT2D eigenvalue weighted by Gasteiger charge is -2.22. The Morgan fingerprint density at radius 3 is 3.00 bits per heavy atom. The minimum atomic E-state index is -3.45. The number of aromatic nitrogens is 1. The van der Waals surface area contributed by atoms with E-state index in [4.69, 9.17) is 0 Å².